The van der Waals surface area contributed by atoms with Gasteiger partial charge in [-0.1, -0.05) is 32.9 Å². The number of nitrogens with one attached hydrogen (secondary N) is 2. The fraction of sp³-hybridized carbons (Fsp3) is 0.562. The van der Waals surface area contributed by atoms with Gasteiger partial charge in [0.1, 0.15) is 0 Å². The summed E-state index contributed by atoms with van der Waals surface area (Å²) in [5.74, 6) is -0.0285. The molecule has 0 aromatic heterocycles. The third-order valence-corrected chi connectivity index (χ3v) is 2.87. The molecule has 2 N–H and O–H groups in total. The molecule has 0 fully saturated rings. The van der Waals surface area contributed by atoms with E-state index in [1.807, 2.05) is 31.3 Å². The molecular weight excluding hydrogens is 236 g/mol. The zero-order chi connectivity index (χ0) is 14.7. The number of anilines is 1. The Morgan fingerprint density at radius 1 is 1.11 bits per heavy atom. The standard InChI is InChI=1S/C16H26N2O/c1-15(2,3)11-16(4,5)18-14(19)12-9-7-8-10-13(12)17-6/h7-10,17H,11H2,1-6H3,(H,18,19). The minimum Gasteiger partial charge on any atom is -0.387 e. The average Bonchev–Trinajstić information content (AvgIpc) is 2.24. The summed E-state index contributed by atoms with van der Waals surface area (Å²) in [6.07, 6.45) is 0.924. The first-order valence-corrected chi connectivity index (χ1v) is 6.74. The predicted octanol–water partition coefficient (Wildman–Crippen LogP) is 3.67. The second kappa shape index (κ2) is 5.64. The molecule has 0 aliphatic carbocycles. The number of hydrogen-bond donors (Lipinski definition) is 2. The highest BCUT2D eigenvalue weighted by molar-refractivity contribution is 5.99. The van der Waals surface area contributed by atoms with Crippen molar-refractivity contribution in [2.75, 3.05) is 12.4 Å². The van der Waals surface area contributed by atoms with E-state index in [1.165, 1.54) is 0 Å². The minimum absolute atomic E-state index is 0.0285. The Morgan fingerprint density at radius 3 is 2.21 bits per heavy atom. The molecule has 0 spiro atoms. The van der Waals surface area contributed by atoms with Gasteiger partial charge in [0, 0.05) is 18.3 Å². The van der Waals surface area contributed by atoms with Gasteiger partial charge in [-0.25, -0.2) is 0 Å². The summed E-state index contributed by atoms with van der Waals surface area (Å²) in [5, 5.41) is 6.17. The van der Waals surface area contributed by atoms with Crippen LogP contribution in [0.15, 0.2) is 24.3 Å². The Kier molecular flexibility index (Phi) is 4.61. The third-order valence-electron chi connectivity index (χ3n) is 2.87. The van der Waals surface area contributed by atoms with Gasteiger partial charge in [0.15, 0.2) is 0 Å². The molecule has 0 atom stereocenters. The molecule has 0 bridgehead atoms. The van der Waals surface area contributed by atoms with Gasteiger partial charge in [-0.3, -0.25) is 4.79 Å². The summed E-state index contributed by atoms with van der Waals surface area (Å²) >= 11 is 0. The Hall–Kier alpha value is -1.51. The lowest BCUT2D eigenvalue weighted by atomic mass is 9.81. The first kappa shape index (κ1) is 15.5. The van der Waals surface area contributed by atoms with Crippen LogP contribution in [0.1, 0.15) is 51.4 Å². The molecule has 0 saturated carbocycles. The van der Waals surface area contributed by atoms with Gasteiger partial charge >= 0.3 is 0 Å². The highest BCUT2D eigenvalue weighted by atomic mass is 16.1. The lowest BCUT2D eigenvalue weighted by molar-refractivity contribution is 0.0892. The van der Waals surface area contributed by atoms with E-state index >= 15 is 0 Å². The topological polar surface area (TPSA) is 41.1 Å². The van der Waals surface area contributed by atoms with Crippen LogP contribution in [0.5, 0.6) is 0 Å². The van der Waals surface area contributed by atoms with Crippen LogP contribution in [0.4, 0.5) is 5.69 Å². The molecule has 1 aromatic rings. The van der Waals surface area contributed by atoms with E-state index < -0.39 is 0 Å². The molecule has 1 rings (SSSR count). The number of carbonyl (C=O) groups is 1. The summed E-state index contributed by atoms with van der Waals surface area (Å²) < 4.78 is 0. The molecule has 106 valence electrons. The van der Waals surface area contributed by atoms with Crippen LogP contribution in [0.2, 0.25) is 0 Å². The van der Waals surface area contributed by atoms with E-state index in [0.29, 0.717) is 5.56 Å². The average molecular weight is 262 g/mol. The maximum Gasteiger partial charge on any atom is 0.253 e. The molecule has 0 radical (unpaired) electrons. The van der Waals surface area contributed by atoms with Crippen LogP contribution in [-0.2, 0) is 0 Å². The molecule has 0 aliphatic heterocycles. The molecule has 1 aromatic carbocycles. The largest absolute Gasteiger partial charge is 0.387 e. The van der Waals surface area contributed by atoms with Gasteiger partial charge in [0.2, 0.25) is 0 Å². The van der Waals surface area contributed by atoms with Crippen molar-refractivity contribution in [1.29, 1.82) is 0 Å². The number of benzene rings is 1. The predicted molar refractivity (Wildman–Crippen MR) is 81.6 cm³/mol. The van der Waals surface area contributed by atoms with Crippen molar-refractivity contribution in [2.24, 2.45) is 5.41 Å². The summed E-state index contributed by atoms with van der Waals surface area (Å²) in [4.78, 5) is 12.4. The lowest BCUT2D eigenvalue weighted by Gasteiger charge is -2.33. The summed E-state index contributed by atoms with van der Waals surface area (Å²) in [5.41, 5.74) is 1.49. The molecule has 3 heteroatoms. The zero-order valence-electron chi connectivity index (χ0n) is 12.9. The molecular formula is C16H26N2O. The van der Waals surface area contributed by atoms with Gasteiger partial charge in [0.05, 0.1) is 5.56 Å². The lowest BCUT2D eigenvalue weighted by Crippen LogP contribution is -2.45. The molecule has 19 heavy (non-hydrogen) atoms. The van der Waals surface area contributed by atoms with Gasteiger partial charge in [-0.15, -0.1) is 0 Å². The van der Waals surface area contributed by atoms with Gasteiger partial charge in [-0.05, 0) is 37.8 Å². The third kappa shape index (κ3) is 4.93. The fourth-order valence-corrected chi connectivity index (χ4v) is 2.64. The molecule has 3 nitrogen and oxygen atoms in total. The zero-order valence-corrected chi connectivity index (χ0v) is 12.9. The summed E-state index contributed by atoms with van der Waals surface area (Å²) in [6, 6.07) is 7.55. The Labute approximate surface area is 116 Å². The molecule has 1 amide bonds. The van der Waals surface area contributed by atoms with Crippen molar-refractivity contribution in [1.82, 2.24) is 5.32 Å². The maximum atomic E-state index is 12.4. The first-order valence-electron chi connectivity index (χ1n) is 6.74. The number of para-hydroxylation sites is 1. The van der Waals surface area contributed by atoms with E-state index in [9.17, 15) is 4.79 Å². The van der Waals surface area contributed by atoms with Crippen LogP contribution in [-0.4, -0.2) is 18.5 Å². The Morgan fingerprint density at radius 2 is 1.68 bits per heavy atom. The van der Waals surface area contributed by atoms with Gasteiger partial charge in [-0.2, -0.15) is 0 Å². The van der Waals surface area contributed by atoms with Crippen LogP contribution in [0, 0.1) is 5.41 Å². The Balaban J connectivity index is 2.85. The molecule has 0 heterocycles. The van der Waals surface area contributed by atoms with Crippen LogP contribution >= 0.6 is 0 Å². The van der Waals surface area contributed by atoms with Crippen LogP contribution < -0.4 is 10.6 Å². The maximum absolute atomic E-state index is 12.4. The van der Waals surface area contributed by atoms with E-state index in [4.69, 9.17) is 0 Å². The normalized spacial score (nSPS) is 12.1. The number of hydrogen-bond acceptors (Lipinski definition) is 2. The molecule has 0 unspecified atom stereocenters. The van der Waals surface area contributed by atoms with Gasteiger partial charge in [0.25, 0.3) is 5.91 Å². The summed E-state index contributed by atoms with van der Waals surface area (Å²) in [7, 11) is 1.83. The van der Waals surface area contributed by atoms with Crippen molar-refractivity contribution >= 4 is 11.6 Å². The van der Waals surface area contributed by atoms with Crippen molar-refractivity contribution in [3.05, 3.63) is 29.8 Å². The van der Waals surface area contributed by atoms with Crippen molar-refractivity contribution < 1.29 is 4.79 Å². The number of carbonyl (C=O) groups excluding carboxylic acids is 1. The SMILES string of the molecule is CNc1ccccc1C(=O)NC(C)(C)CC(C)(C)C. The summed E-state index contributed by atoms with van der Waals surface area (Å²) in [6.45, 7) is 10.7. The highest BCUT2D eigenvalue weighted by Crippen LogP contribution is 2.27. The number of amides is 1. The number of rotatable bonds is 4. The van der Waals surface area contributed by atoms with E-state index in [-0.39, 0.29) is 16.9 Å². The van der Waals surface area contributed by atoms with Crippen molar-refractivity contribution in [2.45, 2.75) is 46.6 Å². The molecule has 0 saturated heterocycles. The van der Waals surface area contributed by atoms with E-state index in [1.54, 1.807) is 0 Å². The first-order chi connectivity index (χ1) is 8.64. The van der Waals surface area contributed by atoms with Crippen LogP contribution in [0.25, 0.3) is 0 Å². The Bertz CT molecular complexity index is 444. The quantitative estimate of drug-likeness (QED) is 0.869. The second-order valence-electron chi connectivity index (χ2n) is 6.87. The van der Waals surface area contributed by atoms with Gasteiger partial charge < -0.3 is 10.6 Å². The van der Waals surface area contributed by atoms with E-state index in [0.717, 1.165) is 12.1 Å². The highest BCUT2D eigenvalue weighted by Gasteiger charge is 2.27. The van der Waals surface area contributed by atoms with Crippen LogP contribution in [0.3, 0.4) is 0 Å². The monoisotopic (exact) mass is 262 g/mol. The smallest absolute Gasteiger partial charge is 0.253 e. The van der Waals surface area contributed by atoms with Crippen molar-refractivity contribution in [3.63, 3.8) is 0 Å². The minimum atomic E-state index is -0.226. The van der Waals surface area contributed by atoms with Crippen molar-refractivity contribution in [3.8, 4) is 0 Å². The van der Waals surface area contributed by atoms with E-state index in [2.05, 4.69) is 45.3 Å². The second-order valence-corrected chi connectivity index (χ2v) is 6.87. The molecule has 0 aliphatic rings. The fourth-order valence-electron chi connectivity index (χ4n) is 2.64.